The number of aromatic amines is 1. The molecule has 0 radical (unpaired) electrons. The highest BCUT2D eigenvalue weighted by Gasteiger charge is 2.07. The van der Waals surface area contributed by atoms with Gasteiger partial charge in [0, 0.05) is 6.07 Å². The molecule has 0 fully saturated rings. The maximum atomic E-state index is 11.5. The number of carbonyl (C=O) groups excluding carboxylic acids is 1. The molecule has 2 heterocycles. The predicted molar refractivity (Wildman–Crippen MR) is 52.5 cm³/mol. The number of rotatable bonds is 3. The van der Waals surface area contributed by atoms with Crippen LogP contribution in [0.4, 0.5) is 0 Å². The van der Waals surface area contributed by atoms with Crippen LogP contribution in [-0.4, -0.2) is 21.1 Å². The maximum absolute atomic E-state index is 11.5. The second kappa shape index (κ2) is 4.39. The molecule has 7 nitrogen and oxygen atoms in total. The molecular weight excluding hydrogens is 212 g/mol. The zero-order chi connectivity index (χ0) is 11.4. The van der Waals surface area contributed by atoms with E-state index in [1.165, 1.54) is 24.8 Å². The molecule has 0 aliphatic heterocycles. The van der Waals surface area contributed by atoms with E-state index in [1.807, 2.05) is 0 Å². The van der Waals surface area contributed by atoms with Gasteiger partial charge < -0.3 is 9.73 Å². The first kappa shape index (κ1) is 10.1. The second-order valence-corrected chi connectivity index (χ2v) is 2.97. The fraction of sp³-hybridized carbons (Fsp3) is 0.111. The molecule has 0 aliphatic rings. The van der Waals surface area contributed by atoms with Gasteiger partial charge in [0.15, 0.2) is 6.39 Å². The molecule has 0 saturated carbocycles. The van der Waals surface area contributed by atoms with Crippen molar-refractivity contribution >= 4 is 5.91 Å². The third-order valence-corrected chi connectivity index (χ3v) is 1.83. The van der Waals surface area contributed by atoms with Gasteiger partial charge in [-0.25, -0.2) is 10.1 Å². The average Bonchev–Trinajstić information content (AvgIpc) is 2.80. The number of H-pyrrole nitrogens is 1. The van der Waals surface area contributed by atoms with Crippen molar-refractivity contribution in [2.75, 3.05) is 0 Å². The molecule has 2 rings (SSSR count). The van der Waals surface area contributed by atoms with Crippen molar-refractivity contribution in [3.05, 3.63) is 46.5 Å². The largest absolute Gasteiger partial charge is 0.451 e. The van der Waals surface area contributed by atoms with Gasteiger partial charge in [0.25, 0.3) is 11.5 Å². The van der Waals surface area contributed by atoms with Gasteiger partial charge in [-0.3, -0.25) is 9.59 Å². The summed E-state index contributed by atoms with van der Waals surface area (Å²) in [5, 5.41) is 8.33. The standard InChI is InChI=1S/C9H8N4O3/c14-8-2-1-7(12-13-8)9(15)10-3-6-4-16-5-11-6/h1-2,4-5H,3H2,(H,10,15)(H,13,14). The Bertz CT molecular complexity index is 511. The van der Waals surface area contributed by atoms with Crippen LogP contribution < -0.4 is 10.9 Å². The zero-order valence-corrected chi connectivity index (χ0v) is 8.14. The number of aromatic nitrogens is 3. The summed E-state index contributed by atoms with van der Waals surface area (Å²) in [7, 11) is 0. The van der Waals surface area contributed by atoms with Crippen LogP contribution >= 0.6 is 0 Å². The minimum Gasteiger partial charge on any atom is -0.451 e. The van der Waals surface area contributed by atoms with E-state index in [4.69, 9.17) is 4.42 Å². The molecule has 0 bridgehead atoms. The van der Waals surface area contributed by atoms with Gasteiger partial charge in [0.05, 0.1) is 12.2 Å². The van der Waals surface area contributed by atoms with Crippen molar-refractivity contribution in [2.24, 2.45) is 0 Å². The summed E-state index contributed by atoms with van der Waals surface area (Å²) in [5.41, 5.74) is 0.397. The van der Waals surface area contributed by atoms with E-state index in [2.05, 4.69) is 20.5 Å². The van der Waals surface area contributed by atoms with Gasteiger partial charge >= 0.3 is 0 Å². The molecule has 0 unspecified atom stereocenters. The number of oxazole rings is 1. The Morgan fingerprint density at radius 2 is 2.38 bits per heavy atom. The first-order chi connectivity index (χ1) is 7.75. The lowest BCUT2D eigenvalue weighted by Gasteiger charge is -2.00. The summed E-state index contributed by atoms with van der Waals surface area (Å²) in [6.45, 7) is 0.246. The number of hydrogen-bond acceptors (Lipinski definition) is 5. The molecule has 0 saturated heterocycles. The fourth-order valence-corrected chi connectivity index (χ4v) is 1.06. The van der Waals surface area contributed by atoms with E-state index in [0.717, 1.165) is 0 Å². The SMILES string of the molecule is O=C(NCc1cocn1)c1ccc(=O)[nH]n1. The van der Waals surface area contributed by atoms with E-state index in [1.54, 1.807) is 0 Å². The number of carbonyl (C=O) groups is 1. The lowest BCUT2D eigenvalue weighted by Crippen LogP contribution is -2.25. The maximum Gasteiger partial charge on any atom is 0.272 e. The summed E-state index contributed by atoms with van der Waals surface area (Å²) in [6, 6.07) is 2.58. The molecule has 1 amide bonds. The Labute approximate surface area is 89.5 Å². The van der Waals surface area contributed by atoms with E-state index in [0.29, 0.717) is 5.69 Å². The van der Waals surface area contributed by atoms with Gasteiger partial charge in [-0.15, -0.1) is 0 Å². The highest BCUT2D eigenvalue weighted by Crippen LogP contribution is 1.94. The number of nitrogens with one attached hydrogen (secondary N) is 2. The van der Waals surface area contributed by atoms with Crippen LogP contribution in [0.3, 0.4) is 0 Å². The molecule has 0 spiro atoms. The van der Waals surface area contributed by atoms with Crippen molar-refractivity contribution in [2.45, 2.75) is 6.54 Å². The third kappa shape index (κ3) is 2.32. The van der Waals surface area contributed by atoms with Crippen molar-refractivity contribution in [3.8, 4) is 0 Å². The first-order valence-corrected chi connectivity index (χ1v) is 4.47. The predicted octanol–water partition coefficient (Wildman–Crippen LogP) is -0.312. The summed E-state index contributed by atoms with van der Waals surface area (Å²) in [4.78, 5) is 26.1. The third-order valence-electron chi connectivity index (χ3n) is 1.83. The van der Waals surface area contributed by atoms with Gasteiger partial charge in [-0.05, 0) is 6.07 Å². The average molecular weight is 220 g/mol. The minimum atomic E-state index is -0.390. The van der Waals surface area contributed by atoms with Crippen LogP contribution in [-0.2, 0) is 6.54 Å². The quantitative estimate of drug-likeness (QED) is 0.738. The lowest BCUT2D eigenvalue weighted by molar-refractivity contribution is 0.0944. The van der Waals surface area contributed by atoms with Crippen molar-refractivity contribution in [1.29, 1.82) is 0 Å². The van der Waals surface area contributed by atoms with Crippen molar-refractivity contribution < 1.29 is 9.21 Å². The van der Waals surface area contributed by atoms with Crippen LogP contribution in [0.15, 0.2) is 34.0 Å². The van der Waals surface area contributed by atoms with Crippen LogP contribution in [0.25, 0.3) is 0 Å². The number of hydrogen-bond donors (Lipinski definition) is 2. The van der Waals surface area contributed by atoms with Crippen LogP contribution in [0.1, 0.15) is 16.2 Å². The topological polar surface area (TPSA) is 101 Å². The normalized spacial score (nSPS) is 10.0. The molecule has 2 aromatic rings. The van der Waals surface area contributed by atoms with E-state index < -0.39 is 0 Å². The van der Waals surface area contributed by atoms with Gasteiger partial charge in [-0.1, -0.05) is 0 Å². The molecule has 0 aromatic carbocycles. The van der Waals surface area contributed by atoms with Crippen LogP contribution in [0, 0.1) is 0 Å². The van der Waals surface area contributed by atoms with Crippen molar-refractivity contribution in [3.63, 3.8) is 0 Å². The molecule has 2 N–H and O–H groups in total. The first-order valence-electron chi connectivity index (χ1n) is 4.47. The monoisotopic (exact) mass is 220 g/mol. The Morgan fingerprint density at radius 3 is 3.00 bits per heavy atom. The van der Waals surface area contributed by atoms with E-state index in [9.17, 15) is 9.59 Å². The summed E-state index contributed by atoms with van der Waals surface area (Å²) in [5.74, 6) is -0.390. The van der Waals surface area contributed by atoms with E-state index >= 15 is 0 Å². The number of nitrogens with zero attached hydrogens (tertiary/aromatic N) is 2. The highest BCUT2D eigenvalue weighted by atomic mass is 16.3. The highest BCUT2D eigenvalue weighted by molar-refractivity contribution is 5.91. The van der Waals surface area contributed by atoms with Crippen LogP contribution in [0.5, 0.6) is 0 Å². The van der Waals surface area contributed by atoms with Crippen molar-refractivity contribution in [1.82, 2.24) is 20.5 Å². The molecule has 16 heavy (non-hydrogen) atoms. The summed E-state index contributed by atoms with van der Waals surface area (Å²) < 4.78 is 4.74. The molecular formula is C9H8N4O3. The summed E-state index contributed by atoms with van der Waals surface area (Å²) in [6.07, 6.45) is 2.71. The summed E-state index contributed by atoms with van der Waals surface area (Å²) >= 11 is 0. The Kier molecular flexibility index (Phi) is 2.77. The molecule has 7 heteroatoms. The Balaban J connectivity index is 1.98. The molecule has 0 aliphatic carbocycles. The number of amides is 1. The van der Waals surface area contributed by atoms with Gasteiger partial charge in [0.1, 0.15) is 12.0 Å². The van der Waals surface area contributed by atoms with E-state index in [-0.39, 0.29) is 23.7 Å². The van der Waals surface area contributed by atoms with Gasteiger partial charge in [-0.2, -0.15) is 5.10 Å². The fourth-order valence-electron chi connectivity index (χ4n) is 1.06. The van der Waals surface area contributed by atoms with Gasteiger partial charge in [0.2, 0.25) is 0 Å². The zero-order valence-electron chi connectivity index (χ0n) is 8.14. The van der Waals surface area contributed by atoms with Crippen LogP contribution in [0.2, 0.25) is 0 Å². The second-order valence-electron chi connectivity index (χ2n) is 2.97. The Hall–Kier alpha value is -2.44. The Morgan fingerprint density at radius 1 is 1.50 bits per heavy atom. The molecule has 2 aromatic heterocycles. The smallest absolute Gasteiger partial charge is 0.272 e. The molecule has 82 valence electrons. The molecule has 0 atom stereocenters. The lowest BCUT2D eigenvalue weighted by atomic mass is 10.3. The minimum absolute atomic E-state index is 0.142.